The van der Waals surface area contributed by atoms with Gasteiger partial charge in [0, 0.05) is 17.8 Å². The predicted molar refractivity (Wildman–Crippen MR) is 76.4 cm³/mol. The standard InChI is InChI=1S/C16H25FN2/c1-2-19-16(14-9-10-18-12-15(14)17)11-13-7-5-3-4-6-8-13/h9-10,12-13,16,19H,2-8,11H2,1H3. The number of pyridine rings is 1. The minimum atomic E-state index is -0.179. The van der Waals surface area contributed by atoms with Gasteiger partial charge in [-0.3, -0.25) is 4.98 Å². The van der Waals surface area contributed by atoms with Crippen LogP contribution in [0.3, 0.4) is 0 Å². The fourth-order valence-electron chi connectivity index (χ4n) is 3.17. The lowest BCUT2D eigenvalue weighted by Crippen LogP contribution is -2.24. The van der Waals surface area contributed by atoms with Crippen molar-refractivity contribution in [3.05, 3.63) is 29.8 Å². The molecule has 1 aromatic rings. The number of hydrogen-bond donors (Lipinski definition) is 1. The van der Waals surface area contributed by atoms with Crippen LogP contribution in [0.4, 0.5) is 4.39 Å². The number of hydrogen-bond acceptors (Lipinski definition) is 2. The number of nitrogens with zero attached hydrogens (tertiary/aromatic N) is 1. The first kappa shape index (κ1) is 14.4. The molecule has 0 spiro atoms. The minimum Gasteiger partial charge on any atom is -0.310 e. The van der Waals surface area contributed by atoms with E-state index in [9.17, 15) is 4.39 Å². The Hall–Kier alpha value is -0.960. The van der Waals surface area contributed by atoms with E-state index < -0.39 is 0 Å². The van der Waals surface area contributed by atoms with Crippen LogP contribution in [0.25, 0.3) is 0 Å². The summed E-state index contributed by atoms with van der Waals surface area (Å²) >= 11 is 0. The second-order valence-electron chi connectivity index (χ2n) is 5.60. The maximum absolute atomic E-state index is 13.9. The van der Waals surface area contributed by atoms with E-state index in [2.05, 4.69) is 17.2 Å². The van der Waals surface area contributed by atoms with Crippen molar-refractivity contribution in [2.75, 3.05) is 6.54 Å². The summed E-state index contributed by atoms with van der Waals surface area (Å²) < 4.78 is 13.9. The van der Waals surface area contributed by atoms with Gasteiger partial charge in [0.1, 0.15) is 5.82 Å². The van der Waals surface area contributed by atoms with E-state index >= 15 is 0 Å². The van der Waals surface area contributed by atoms with Crippen molar-refractivity contribution in [1.29, 1.82) is 0 Å². The Kier molecular flexibility index (Phi) is 5.77. The summed E-state index contributed by atoms with van der Waals surface area (Å²) in [7, 11) is 0. The molecular weight excluding hydrogens is 239 g/mol. The molecule has 1 unspecified atom stereocenters. The first-order chi connectivity index (χ1) is 9.31. The van der Waals surface area contributed by atoms with Crippen molar-refractivity contribution < 1.29 is 4.39 Å². The molecule has 0 radical (unpaired) electrons. The second-order valence-corrected chi connectivity index (χ2v) is 5.60. The van der Waals surface area contributed by atoms with E-state index in [0.717, 1.165) is 24.4 Å². The lowest BCUT2D eigenvalue weighted by molar-refractivity contribution is 0.353. The van der Waals surface area contributed by atoms with Gasteiger partial charge in [0.25, 0.3) is 0 Å². The summed E-state index contributed by atoms with van der Waals surface area (Å²) in [5.74, 6) is 0.557. The number of nitrogens with one attached hydrogen (secondary N) is 1. The summed E-state index contributed by atoms with van der Waals surface area (Å²) in [6.45, 7) is 2.96. The Balaban J connectivity index is 2.05. The molecule has 0 bridgehead atoms. The van der Waals surface area contributed by atoms with Gasteiger partial charge in [-0.15, -0.1) is 0 Å². The fourth-order valence-corrected chi connectivity index (χ4v) is 3.17. The summed E-state index contributed by atoms with van der Waals surface area (Å²) in [6, 6.07) is 1.95. The molecule has 1 aromatic heterocycles. The highest BCUT2D eigenvalue weighted by molar-refractivity contribution is 5.17. The van der Waals surface area contributed by atoms with Gasteiger partial charge in [-0.1, -0.05) is 45.4 Å². The van der Waals surface area contributed by atoms with Crippen LogP contribution in [0.1, 0.15) is 63.5 Å². The maximum atomic E-state index is 13.9. The zero-order valence-electron chi connectivity index (χ0n) is 11.9. The van der Waals surface area contributed by atoms with Crippen molar-refractivity contribution in [1.82, 2.24) is 10.3 Å². The molecule has 106 valence electrons. The normalized spacial score (nSPS) is 19.1. The molecule has 1 atom stereocenters. The average molecular weight is 264 g/mol. The van der Waals surface area contributed by atoms with E-state index in [1.165, 1.54) is 44.7 Å². The van der Waals surface area contributed by atoms with Crippen LogP contribution in [0.15, 0.2) is 18.5 Å². The summed E-state index contributed by atoms with van der Waals surface area (Å²) in [6.07, 6.45) is 12.1. The molecule has 0 aliphatic heterocycles. The van der Waals surface area contributed by atoms with E-state index in [1.54, 1.807) is 6.20 Å². The molecule has 0 aromatic carbocycles. The summed E-state index contributed by atoms with van der Waals surface area (Å²) in [5, 5.41) is 3.44. The zero-order chi connectivity index (χ0) is 13.5. The van der Waals surface area contributed by atoms with Gasteiger partial charge < -0.3 is 5.32 Å². The van der Waals surface area contributed by atoms with Crippen molar-refractivity contribution in [2.24, 2.45) is 5.92 Å². The first-order valence-corrected chi connectivity index (χ1v) is 7.64. The third-order valence-corrected chi connectivity index (χ3v) is 4.17. The fraction of sp³-hybridized carbons (Fsp3) is 0.688. The highest BCUT2D eigenvalue weighted by Crippen LogP contribution is 2.31. The SMILES string of the molecule is CCNC(CC1CCCCCC1)c1ccncc1F. The second kappa shape index (κ2) is 7.59. The average Bonchev–Trinajstić information content (AvgIpc) is 2.67. The Labute approximate surface area is 115 Å². The largest absolute Gasteiger partial charge is 0.310 e. The van der Waals surface area contributed by atoms with Gasteiger partial charge in [-0.25, -0.2) is 4.39 Å². The van der Waals surface area contributed by atoms with Crippen LogP contribution in [-0.2, 0) is 0 Å². The van der Waals surface area contributed by atoms with Crippen molar-refractivity contribution >= 4 is 0 Å². The van der Waals surface area contributed by atoms with E-state index in [4.69, 9.17) is 0 Å². The Morgan fingerprint density at radius 3 is 2.68 bits per heavy atom. The van der Waals surface area contributed by atoms with Crippen LogP contribution < -0.4 is 5.32 Å². The predicted octanol–water partition coefficient (Wildman–Crippen LogP) is 4.23. The zero-order valence-corrected chi connectivity index (χ0v) is 11.9. The van der Waals surface area contributed by atoms with E-state index in [0.29, 0.717) is 0 Å². The summed E-state index contributed by atoms with van der Waals surface area (Å²) in [4.78, 5) is 3.85. The lowest BCUT2D eigenvalue weighted by atomic mass is 9.89. The maximum Gasteiger partial charge on any atom is 0.146 e. The van der Waals surface area contributed by atoms with Gasteiger partial charge in [0.2, 0.25) is 0 Å². The molecule has 1 N–H and O–H groups in total. The van der Waals surface area contributed by atoms with Crippen LogP contribution >= 0.6 is 0 Å². The van der Waals surface area contributed by atoms with Crippen LogP contribution in [0.2, 0.25) is 0 Å². The molecule has 1 fully saturated rings. The number of halogens is 1. The van der Waals surface area contributed by atoms with Gasteiger partial charge in [-0.05, 0) is 24.9 Å². The topological polar surface area (TPSA) is 24.9 Å². The molecule has 0 amide bonds. The van der Waals surface area contributed by atoms with Gasteiger partial charge in [-0.2, -0.15) is 0 Å². The monoisotopic (exact) mass is 264 g/mol. The number of aromatic nitrogens is 1. The van der Waals surface area contributed by atoms with Gasteiger partial charge in [0.15, 0.2) is 0 Å². The highest BCUT2D eigenvalue weighted by Gasteiger charge is 2.21. The molecule has 2 nitrogen and oxygen atoms in total. The lowest BCUT2D eigenvalue weighted by Gasteiger charge is -2.24. The summed E-state index contributed by atoms with van der Waals surface area (Å²) in [5.41, 5.74) is 0.779. The third-order valence-electron chi connectivity index (χ3n) is 4.17. The molecule has 1 heterocycles. The Morgan fingerprint density at radius 2 is 2.05 bits per heavy atom. The Morgan fingerprint density at radius 1 is 1.32 bits per heavy atom. The molecule has 0 saturated heterocycles. The number of rotatable bonds is 5. The van der Waals surface area contributed by atoms with Crippen molar-refractivity contribution in [3.63, 3.8) is 0 Å². The molecule has 3 heteroatoms. The van der Waals surface area contributed by atoms with Crippen molar-refractivity contribution in [2.45, 2.75) is 57.9 Å². The first-order valence-electron chi connectivity index (χ1n) is 7.64. The third kappa shape index (κ3) is 4.27. The molecule has 2 rings (SSSR count). The Bertz CT molecular complexity index is 373. The smallest absolute Gasteiger partial charge is 0.146 e. The highest BCUT2D eigenvalue weighted by atomic mass is 19.1. The molecule has 1 saturated carbocycles. The molecule has 1 aliphatic rings. The van der Waals surface area contributed by atoms with E-state index in [1.807, 2.05) is 6.07 Å². The van der Waals surface area contributed by atoms with Crippen LogP contribution in [0.5, 0.6) is 0 Å². The van der Waals surface area contributed by atoms with Crippen LogP contribution in [0, 0.1) is 11.7 Å². The van der Waals surface area contributed by atoms with E-state index in [-0.39, 0.29) is 11.9 Å². The quantitative estimate of drug-likeness (QED) is 0.805. The molecule has 1 aliphatic carbocycles. The van der Waals surface area contributed by atoms with Crippen LogP contribution in [-0.4, -0.2) is 11.5 Å². The molecule has 19 heavy (non-hydrogen) atoms. The van der Waals surface area contributed by atoms with Gasteiger partial charge in [0.05, 0.1) is 6.20 Å². The minimum absolute atomic E-state index is 0.135. The van der Waals surface area contributed by atoms with Crippen molar-refractivity contribution in [3.8, 4) is 0 Å². The van der Waals surface area contributed by atoms with Gasteiger partial charge >= 0.3 is 0 Å². The molecular formula is C16H25FN2.